The number of carboxylic acid groups (broad SMARTS) is 1. The van der Waals surface area contributed by atoms with E-state index in [4.69, 9.17) is 9.84 Å². The lowest BCUT2D eigenvalue weighted by molar-refractivity contribution is -0.00262. The lowest BCUT2D eigenvalue weighted by Gasteiger charge is -2.31. The monoisotopic (exact) mass is 385 g/mol. The molecule has 2 aromatic carbocycles. The van der Waals surface area contributed by atoms with Gasteiger partial charge in [0.25, 0.3) is 0 Å². The number of carbonyl (C=O) groups is 1. The largest absolute Gasteiger partial charge is 0.478 e. The third-order valence-corrected chi connectivity index (χ3v) is 5.33. The number of aromatic carboxylic acids is 1. The van der Waals surface area contributed by atoms with Gasteiger partial charge in [-0.2, -0.15) is 0 Å². The number of ether oxygens (including phenoxy) is 1. The molecule has 0 aliphatic carbocycles. The molecule has 0 radical (unpaired) electrons. The Bertz CT molecular complexity index is 758. The van der Waals surface area contributed by atoms with E-state index in [0.29, 0.717) is 24.7 Å². The van der Waals surface area contributed by atoms with Crippen molar-refractivity contribution in [1.29, 1.82) is 0 Å². The molecule has 0 atom stereocenters. The fourth-order valence-corrected chi connectivity index (χ4v) is 3.62. The zero-order valence-electron chi connectivity index (χ0n) is 16.1. The van der Waals surface area contributed by atoms with Crippen molar-refractivity contribution in [1.82, 2.24) is 4.90 Å². The van der Waals surface area contributed by atoms with Crippen molar-refractivity contribution in [2.45, 2.75) is 44.8 Å². The molecule has 0 amide bonds. The van der Waals surface area contributed by atoms with E-state index in [1.54, 1.807) is 6.07 Å². The summed E-state index contributed by atoms with van der Waals surface area (Å²) in [6.45, 7) is 3.78. The van der Waals surface area contributed by atoms with E-state index >= 15 is 0 Å². The van der Waals surface area contributed by atoms with Gasteiger partial charge in [-0.05, 0) is 61.9 Å². The second-order valence-corrected chi connectivity index (χ2v) is 7.41. The summed E-state index contributed by atoms with van der Waals surface area (Å²) in [5.74, 6) is -1.52. The quantitative estimate of drug-likeness (QED) is 0.645. The second-order valence-electron chi connectivity index (χ2n) is 7.41. The number of hydrogen-bond acceptors (Lipinski definition) is 3. The van der Waals surface area contributed by atoms with Crippen molar-refractivity contribution in [3.05, 3.63) is 71.0 Å². The van der Waals surface area contributed by atoms with Gasteiger partial charge in [0.2, 0.25) is 0 Å². The minimum Gasteiger partial charge on any atom is -0.478 e. The van der Waals surface area contributed by atoms with E-state index in [-0.39, 0.29) is 5.56 Å². The van der Waals surface area contributed by atoms with Gasteiger partial charge in [-0.15, -0.1) is 0 Å². The number of hydrogen-bond donors (Lipinski definition) is 1. The van der Waals surface area contributed by atoms with Crippen LogP contribution in [0.4, 0.5) is 4.39 Å². The van der Waals surface area contributed by atoms with Crippen LogP contribution in [0.15, 0.2) is 48.5 Å². The molecule has 1 fully saturated rings. The van der Waals surface area contributed by atoms with E-state index in [2.05, 4.69) is 17.0 Å². The molecule has 1 aliphatic heterocycles. The molecule has 0 saturated carbocycles. The van der Waals surface area contributed by atoms with Gasteiger partial charge < -0.3 is 14.7 Å². The van der Waals surface area contributed by atoms with Crippen LogP contribution in [0.25, 0.3) is 0 Å². The Kier molecular flexibility index (Phi) is 7.57. The summed E-state index contributed by atoms with van der Waals surface area (Å²) < 4.78 is 20.0. The predicted molar refractivity (Wildman–Crippen MR) is 107 cm³/mol. The van der Waals surface area contributed by atoms with Crippen molar-refractivity contribution in [2.75, 3.05) is 19.6 Å². The third kappa shape index (κ3) is 6.14. The van der Waals surface area contributed by atoms with Gasteiger partial charge in [0.1, 0.15) is 5.82 Å². The Balaban J connectivity index is 1.31. The molecule has 1 N–H and O–H groups in total. The van der Waals surface area contributed by atoms with Crippen LogP contribution in [0.3, 0.4) is 0 Å². The van der Waals surface area contributed by atoms with Gasteiger partial charge in [0, 0.05) is 13.1 Å². The molecule has 0 spiro atoms. The maximum Gasteiger partial charge on any atom is 0.335 e. The van der Waals surface area contributed by atoms with Crippen LogP contribution in [-0.2, 0) is 17.8 Å². The highest BCUT2D eigenvalue weighted by atomic mass is 19.1. The summed E-state index contributed by atoms with van der Waals surface area (Å²) in [6.07, 6.45) is 4.99. The number of piperidine rings is 1. The van der Waals surface area contributed by atoms with E-state index < -0.39 is 11.8 Å². The Labute approximate surface area is 165 Å². The molecule has 150 valence electrons. The van der Waals surface area contributed by atoms with Crippen LogP contribution in [0.5, 0.6) is 0 Å². The highest BCUT2D eigenvalue weighted by molar-refractivity contribution is 5.87. The first kappa shape index (κ1) is 20.5. The Morgan fingerprint density at radius 1 is 1.11 bits per heavy atom. The topological polar surface area (TPSA) is 49.8 Å². The van der Waals surface area contributed by atoms with Gasteiger partial charge in [-0.25, -0.2) is 9.18 Å². The summed E-state index contributed by atoms with van der Waals surface area (Å²) in [7, 11) is 0. The second kappa shape index (κ2) is 10.3. The van der Waals surface area contributed by atoms with Gasteiger partial charge in [0.15, 0.2) is 0 Å². The molecule has 0 aromatic heterocycles. The van der Waals surface area contributed by atoms with Gasteiger partial charge in [0.05, 0.1) is 18.3 Å². The van der Waals surface area contributed by atoms with Crippen molar-refractivity contribution < 1.29 is 19.0 Å². The molecule has 28 heavy (non-hydrogen) atoms. The average molecular weight is 385 g/mol. The number of carboxylic acids is 1. The molecule has 1 saturated heterocycles. The van der Waals surface area contributed by atoms with Crippen LogP contribution in [-0.4, -0.2) is 41.7 Å². The first-order valence-corrected chi connectivity index (χ1v) is 10.0. The summed E-state index contributed by atoms with van der Waals surface area (Å²) in [5.41, 5.74) is 1.81. The maximum absolute atomic E-state index is 13.9. The molecule has 2 aromatic rings. The molecule has 0 unspecified atom stereocenters. The minimum atomic E-state index is -1.10. The molecule has 3 rings (SSSR count). The van der Waals surface area contributed by atoms with E-state index in [0.717, 1.165) is 51.4 Å². The number of halogens is 1. The molecular weight excluding hydrogens is 357 g/mol. The number of rotatable bonds is 9. The van der Waals surface area contributed by atoms with E-state index in [1.807, 2.05) is 18.2 Å². The van der Waals surface area contributed by atoms with Crippen LogP contribution in [0.1, 0.15) is 47.2 Å². The number of likely N-dealkylation sites (tertiary alicyclic amines) is 1. The number of nitrogens with zero attached hydrogens (tertiary/aromatic N) is 1. The van der Waals surface area contributed by atoms with Gasteiger partial charge >= 0.3 is 5.97 Å². The first-order chi connectivity index (χ1) is 13.6. The minimum absolute atomic E-state index is 0.00129. The Morgan fingerprint density at radius 3 is 2.54 bits per heavy atom. The van der Waals surface area contributed by atoms with Gasteiger partial charge in [-0.1, -0.05) is 36.4 Å². The van der Waals surface area contributed by atoms with Crippen LogP contribution in [0.2, 0.25) is 0 Å². The van der Waals surface area contributed by atoms with Crippen LogP contribution < -0.4 is 0 Å². The number of unbranched alkanes of at least 4 members (excludes halogenated alkanes) is 1. The molecular formula is C23H28FNO3. The van der Waals surface area contributed by atoms with Crippen LogP contribution in [0, 0.1) is 5.82 Å². The lowest BCUT2D eigenvalue weighted by Crippen LogP contribution is -2.37. The average Bonchev–Trinajstić information content (AvgIpc) is 2.72. The molecule has 1 aliphatic rings. The fraction of sp³-hybridized carbons (Fsp3) is 0.435. The maximum atomic E-state index is 13.9. The van der Waals surface area contributed by atoms with Crippen molar-refractivity contribution >= 4 is 5.97 Å². The van der Waals surface area contributed by atoms with Gasteiger partial charge in [-0.3, -0.25) is 0 Å². The number of benzene rings is 2. The highest BCUT2D eigenvalue weighted by Crippen LogP contribution is 2.17. The van der Waals surface area contributed by atoms with E-state index in [1.165, 1.54) is 11.6 Å². The summed E-state index contributed by atoms with van der Waals surface area (Å²) in [5, 5.41) is 8.89. The normalized spacial score (nSPS) is 15.6. The standard InChI is InChI=1S/C23H28FNO3/c24-22-16-20(23(26)27)10-9-19(22)8-4-5-13-25-14-11-21(12-15-25)28-17-18-6-2-1-3-7-18/h1-3,6-7,9-10,16,21H,4-5,8,11-15,17H2,(H,26,27). The highest BCUT2D eigenvalue weighted by Gasteiger charge is 2.19. The zero-order valence-corrected chi connectivity index (χ0v) is 16.1. The number of aryl methyl sites for hydroxylation is 1. The van der Waals surface area contributed by atoms with Crippen molar-refractivity contribution in [2.24, 2.45) is 0 Å². The Hall–Kier alpha value is -2.24. The van der Waals surface area contributed by atoms with E-state index in [9.17, 15) is 9.18 Å². The van der Waals surface area contributed by atoms with Crippen LogP contribution >= 0.6 is 0 Å². The fourth-order valence-electron chi connectivity index (χ4n) is 3.62. The van der Waals surface area contributed by atoms with Crippen molar-refractivity contribution in [3.63, 3.8) is 0 Å². The first-order valence-electron chi connectivity index (χ1n) is 10.0. The summed E-state index contributed by atoms with van der Waals surface area (Å²) in [6, 6.07) is 14.4. The smallest absolute Gasteiger partial charge is 0.335 e. The third-order valence-electron chi connectivity index (χ3n) is 5.33. The zero-order chi connectivity index (χ0) is 19.8. The Morgan fingerprint density at radius 2 is 1.86 bits per heavy atom. The molecule has 1 heterocycles. The SMILES string of the molecule is O=C(O)c1ccc(CCCCN2CCC(OCc3ccccc3)CC2)c(F)c1. The predicted octanol–water partition coefficient (Wildman–Crippen LogP) is 4.53. The van der Waals surface area contributed by atoms with Crippen molar-refractivity contribution in [3.8, 4) is 0 Å². The molecule has 5 heteroatoms. The summed E-state index contributed by atoms with van der Waals surface area (Å²) >= 11 is 0. The summed E-state index contributed by atoms with van der Waals surface area (Å²) in [4.78, 5) is 13.3. The molecule has 4 nitrogen and oxygen atoms in total. The molecule has 0 bridgehead atoms. The lowest BCUT2D eigenvalue weighted by atomic mass is 10.0.